The molecule has 0 aromatic heterocycles. The van der Waals surface area contributed by atoms with Gasteiger partial charge in [0.1, 0.15) is 5.82 Å². The molecule has 0 fully saturated rings. The van der Waals surface area contributed by atoms with Crippen LogP contribution in [0.1, 0.15) is 29.2 Å². The highest BCUT2D eigenvalue weighted by Gasteiger charge is 2.07. The molecule has 0 bridgehead atoms. The standard InChI is InChI=1S/C20H26FN3O.HI/c1-4-22-20(24(3)13-16-7-5-15(2)6-8-16)23-12-17-9-10-19(21)18(11-17)14-25;/h5-11,25H,4,12-14H2,1-3H3,(H,22,23);1H. The zero-order valence-electron chi connectivity index (χ0n) is 15.5. The summed E-state index contributed by atoms with van der Waals surface area (Å²) in [4.78, 5) is 6.69. The minimum absolute atomic E-state index is 0. The van der Waals surface area contributed by atoms with Gasteiger partial charge in [0.2, 0.25) is 0 Å². The highest BCUT2D eigenvalue weighted by atomic mass is 127. The van der Waals surface area contributed by atoms with Crippen LogP contribution in [0.15, 0.2) is 47.5 Å². The van der Waals surface area contributed by atoms with Crippen LogP contribution in [0.5, 0.6) is 0 Å². The van der Waals surface area contributed by atoms with E-state index in [-0.39, 0.29) is 30.6 Å². The van der Waals surface area contributed by atoms with Crippen molar-refractivity contribution in [3.8, 4) is 0 Å². The van der Waals surface area contributed by atoms with Gasteiger partial charge in [-0.15, -0.1) is 24.0 Å². The van der Waals surface area contributed by atoms with Gasteiger partial charge in [0.25, 0.3) is 0 Å². The first kappa shape index (κ1) is 22.4. The van der Waals surface area contributed by atoms with Crippen LogP contribution < -0.4 is 5.32 Å². The van der Waals surface area contributed by atoms with E-state index in [9.17, 15) is 9.50 Å². The molecule has 2 aromatic carbocycles. The summed E-state index contributed by atoms with van der Waals surface area (Å²) in [6.45, 7) is 5.73. The highest BCUT2D eigenvalue weighted by molar-refractivity contribution is 14.0. The van der Waals surface area contributed by atoms with E-state index in [0.29, 0.717) is 12.1 Å². The van der Waals surface area contributed by atoms with Crippen molar-refractivity contribution in [3.05, 3.63) is 70.5 Å². The van der Waals surface area contributed by atoms with Gasteiger partial charge in [-0.05, 0) is 37.1 Å². The summed E-state index contributed by atoms with van der Waals surface area (Å²) in [7, 11) is 1.99. The maximum absolute atomic E-state index is 13.5. The van der Waals surface area contributed by atoms with Gasteiger partial charge in [0, 0.05) is 25.7 Å². The molecule has 2 N–H and O–H groups in total. The van der Waals surface area contributed by atoms with Gasteiger partial charge in [0.15, 0.2) is 5.96 Å². The SMILES string of the molecule is CCNC(=NCc1ccc(F)c(CO)c1)N(C)Cc1ccc(C)cc1.I. The molecule has 0 unspecified atom stereocenters. The first-order valence-electron chi connectivity index (χ1n) is 8.46. The second-order valence-corrected chi connectivity index (χ2v) is 6.10. The molecule has 0 atom stereocenters. The Hall–Kier alpha value is -1.67. The number of benzene rings is 2. The third-order valence-corrected chi connectivity index (χ3v) is 3.93. The van der Waals surface area contributed by atoms with Gasteiger partial charge in [-0.25, -0.2) is 9.38 Å². The van der Waals surface area contributed by atoms with E-state index in [1.54, 1.807) is 12.1 Å². The summed E-state index contributed by atoms with van der Waals surface area (Å²) in [5, 5.41) is 12.5. The molecule has 0 spiro atoms. The van der Waals surface area contributed by atoms with Crippen molar-refractivity contribution in [3.63, 3.8) is 0 Å². The van der Waals surface area contributed by atoms with Gasteiger partial charge in [-0.3, -0.25) is 0 Å². The lowest BCUT2D eigenvalue weighted by atomic mass is 10.1. The Labute approximate surface area is 172 Å². The first-order chi connectivity index (χ1) is 12.0. The van der Waals surface area contributed by atoms with Crippen molar-refractivity contribution in [1.29, 1.82) is 0 Å². The predicted octanol–water partition coefficient (Wildman–Crippen LogP) is 3.84. The fourth-order valence-electron chi connectivity index (χ4n) is 2.53. The molecule has 0 heterocycles. The second-order valence-electron chi connectivity index (χ2n) is 6.10. The number of aliphatic imine (C=N–C) groups is 1. The van der Waals surface area contributed by atoms with E-state index < -0.39 is 5.82 Å². The van der Waals surface area contributed by atoms with E-state index in [1.165, 1.54) is 17.2 Å². The molecule has 4 nitrogen and oxygen atoms in total. The Balaban J connectivity index is 0.00000338. The molecule has 26 heavy (non-hydrogen) atoms. The molecule has 0 aliphatic rings. The monoisotopic (exact) mass is 471 g/mol. The quantitative estimate of drug-likeness (QED) is 0.383. The Morgan fingerprint density at radius 3 is 2.42 bits per heavy atom. The lowest BCUT2D eigenvalue weighted by molar-refractivity contribution is 0.275. The van der Waals surface area contributed by atoms with Gasteiger partial charge < -0.3 is 15.3 Å². The Kier molecular flexibility index (Phi) is 9.58. The van der Waals surface area contributed by atoms with Crippen LogP contribution in [0.3, 0.4) is 0 Å². The molecular formula is C20H27FIN3O. The number of hydrogen-bond donors (Lipinski definition) is 2. The van der Waals surface area contributed by atoms with E-state index in [0.717, 1.165) is 24.6 Å². The fraction of sp³-hybridized carbons (Fsp3) is 0.350. The molecular weight excluding hydrogens is 444 g/mol. The average molecular weight is 471 g/mol. The van der Waals surface area contributed by atoms with Crippen molar-refractivity contribution in [2.24, 2.45) is 4.99 Å². The van der Waals surface area contributed by atoms with Crippen molar-refractivity contribution in [2.75, 3.05) is 13.6 Å². The zero-order chi connectivity index (χ0) is 18.2. The summed E-state index contributed by atoms with van der Waals surface area (Å²) in [5.74, 6) is 0.400. The Morgan fingerprint density at radius 1 is 1.15 bits per heavy atom. The summed E-state index contributed by atoms with van der Waals surface area (Å²) in [6.07, 6.45) is 0. The number of nitrogens with zero attached hydrogens (tertiary/aromatic N) is 2. The second kappa shape index (κ2) is 11.1. The number of aliphatic hydroxyl groups excluding tert-OH is 1. The third-order valence-electron chi connectivity index (χ3n) is 3.93. The number of aliphatic hydroxyl groups is 1. The normalized spacial score (nSPS) is 11.0. The fourth-order valence-corrected chi connectivity index (χ4v) is 2.53. The summed E-state index contributed by atoms with van der Waals surface area (Å²) in [6, 6.07) is 13.2. The Bertz CT molecular complexity index is 719. The molecule has 0 amide bonds. The average Bonchev–Trinajstić information content (AvgIpc) is 2.61. The van der Waals surface area contributed by atoms with Crippen LogP contribution in [0.4, 0.5) is 4.39 Å². The molecule has 0 saturated carbocycles. The lowest BCUT2D eigenvalue weighted by Crippen LogP contribution is -2.38. The molecule has 0 saturated heterocycles. The van der Waals surface area contributed by atoms with Gasteiger partial charge >= 0.3 is 0 Å². The van der Waals surface area contributed by atoms with Crippen molar-refractivity contribution in [1.82, 2.24) is 10.2 Å². The van der Waals surface area contributed by atoms with Gasteiger partial charge in [0.05, 0.1) is 13.2 Å². The molecule has 2 rings (SSSR count). The topological polar surface area (TPSA) is 47.9 Å². The van der Waals surface area contributed by atoms with Crippen LogP contribution in [0.2, 0.25) is 0 Å². The number of guanidine groups is 1. The van der Waals surface area contributed by atoms with Gasteiger partial charge in [-0.2, -0.15) is 0 Å². The molecule has 142 valence electrons. The van der Waals surface area contributed by atoms with Crippen LogP contribution in [-0.4, -0.2) is 29.6 Å². The molecule has 0 radical (unpaired) electrons. The maximum atomic E-state index is 13.5. The minimum Gasteiger partial charge on any atom is -0.392 e. The lowest BCUT2D eigenvalue weighted by Gasteiger charge is -2.22. The predicted molar refractivity (Wildman–Crippen MR) is 115 cm³/mol. The molecule has 0 aliphatic carbocycles. The first-order valence-corrected chi connectivity index (χ1v) is 8.46. The van der Waals surface area contributed by atoms with Crippen LogP contribution in [-0.2, 0) is 19.7 Å². The number of aryl methyl sites for hydroxylation is 1. The third kappa shape index (κ3) is 6.57. The van der Waals surface area contributed by atoms with E-state index in [2.05, 4.69) is 46.4 Å². The number of rotatable bonds is 6. The zero-order valence-corrected chi connectivity index (χ0v) is 17.8. The Morgan fingerprint density at radius 2 is 1.81 bits per heavy atom. The molecule has 6 heteroatoms. The van der Waals surface area contributed by atoms with Crippen molar-refractivity contribution < 1.29 is 9.50 Å². The number of halogens is 2. The maximum Gasteiger partial charge on any atom is 0.194 e. The number of nitrogens with one attached hydrogen (secondary N) is 1. The van der Waals surface area contributed by atoms with Crippen LogP contribution in [0, 0.1) is 12.7 Å². The van der Waals surface area contributed by atoms with E-state index >= 15 is 0 Å². The molecule has 2 aromatic rings. The summed E-state index contributed by atoms with van der Waals surface area (Å²) < 4.78 is 13.5. The van der Waals surface area contributed by atoms with Crippen molar-refractivity contribution >= 4 is 29.9 Å². The highest BCUT2D eigenvalue weighted by Crippen LogP contribution is 2.12. The smallest absolute Gasteiger partial charge is 0.194 e. The van der Waals surface area contributed by atoms with E-state index in [1.807, 2.05) is 14.0 Å². The minimum atomic E-state index is -0.390. The number of hydrogen-bond acceptors (Lipinski definition) is 2. The van der Waals surface area contributed by atoms with Crippen LogP contribution in [0.25, 0.3) is 0 Å². The largest absolute Gasteiger partial charge is 0.392 e. The van der Waals surface area contributed by atoms with Crippen molar-refractivity contribution in [2.45, 2.75) is 33.5 Å². The summed E-state index contributed by atoms with van der Waals surface area (Å²) >= 11 is 0. The molecule has 0 aliphatic heterocycles. The van der Waals surface area contributed by atoms with Gasteiger partial charge in [-0.1, -0.05) is 35.9 Å². The summed E-state index contributed by atoms with van der Waals surface area (Å²) in [5.41, 5.74) is 3.61. The van der Waals surface area contributed by atoms with Crippen LogP contribution >= 0.6 is 24.0 Å². The van der Waals surface area contributed by atoms with E-state index in [4.69, 9.17) is 0 Å².